The molecule has 4 rings (SSSR count). The van der Waals surface area contributed by atoms with Gasteiger partial charge in [-0.1, -0.05) is 29.8 Å². The third-order valence-electron chi connectivity index (χ3n) is 4.40. The molecule has 0 radical (unpaired) electrons. The second-order valence-electron chi connectivity index (χ2n) is 6.41. The molecule has 3 aromatic rings. The summed E-state index contributed by atoms with van der Waals surface area (Å²) >= 11 is 1.33. The minimum absolute atomic E-state index is 0.299. The Bertz CT molecular complexity index is 987. The molecule has 1 saturated heterocycles. The average Bonchev–Trinajstić information content (AvgIpc) is 3.29. The highest BCUT2D eigenvalue weighted by molar-refractivity contribution is 7.20. The molecule has 0 N–H and O–H groups in total. The normalized spacial score (nSPS) is 16.8. The number of nitrogens with zero attached hydrogens (tertiary/aromatic N) is 2. The zero-order chi connectivity index (χ0) is 18.3. The number of hydrogen-bond acceptors (Lipinski definition) is 6. The molecule has 0 amide bonds. The van der Waals surface area contributed by atoms with Gasteiger partial charge in [0.05, 0.1) is 18.8 Å². The lowest BCUT2D eigenvalue weighted by Crippen LogP contribution is -2.22. The maximum Gasteiger partial charge on any atom is 0.349 e. The first-order valence-corrected chi connectivity index (χ1v) is 9.23. The van der Waals surface area contributed by atoms with E-state index in [9.17, 15) is 9.59 Å². The Balaban J connectivity index is 1.59. The zero-order valence-electron chi connectivity index (χ0n) is 14.5. The second-order valence-corrected chi connectivity index (χ2v) is 7.44. The lowest BCUT2D eigenvalue weighted by Gasteiger charge is -2.06. The van der Waals surface area contributed by atoms with Crippen LogP contribution in [-0.2, 0) is 20.8 Å². The molecular weight excluding hydrogens is 352 g/mol. The van der Waals surface area contributed by atoms with E-state index in [4.69, 9.17) is 9.47 Å². The Morgan fingerprint density at radius 2 is 2.12 bits per heavy atom. The molecule has 1 aliphatic heterocycles. The van der Waals surface area contributed by atoms with Gasteiger partial charge in [-0.05, 0) is 25.5 Å². The Morgan fingerprint density at radius 1 is 1.35 bits per heavy atom. The summed E-state index contributed by atoms with van der Waals surface area (Å²) in [6.07, 6.45) is -0.381. The Kier molecular flexibility index (Phi) is 4.24. The molecule has 0 bridgehead atoms. The predicted octanol–water partition coefficient (Wildman–Crippen LogP) is 3.24. The van der Waals surface area contributed by atoms with Gasteiger partial charge in [0.1, 0.15) is 9.71 Å². The number of aromatic nitrogens is 2. The average molecular weight is 370 g/mol. The highest BCUT2D eigenvalue weighted by Gasteiger charge is 2.31. The molecule has 7 heteroatoms. The summed E-state index contributed by atoms with van der Waals surface area (Å²) in [6.45, 7) is 4.91. The van der Waals surface area contributed by atoms with Crippen LogP contribution in [-0.4, -0.2) is 34.4 Å². The highest BCUT2D eigenvalue weighted by atomic mass is 32.1. The van der Waals surface area contributed by atoms with Gasteiger partial charge >= 0.3 is 11.9 Å². The summed E-state index contributed by atoms with van der Waals surface area (Å²) in [6, 6.07) is 10.1. The standard InChI is InChI=1S/C19H18N2O4S/c1-11-3-5-13(6-4-11)10-21-17-14(12(2)20-21)9-16(26-17)19(23)25-15-7-8-24-18(15)22/h3-6,9,15H,7-8,10H2,1-2H3/t15-/m1/s1. The van der Waals surface area contributed by atoms with Crippen molar-refractivity contribution in [2.75, 3.05) is 6.61 Å². The number of benzene rings is 1. The van der Waals surface area contributed by atoms with Gasteiger partial charge in [0.2, 0.25) is 6.10 Å². The topological polar surface area (TPSA) is 70.4 Å². The molecule has 0 unspecified atom stereocenters. The van der Waals surface area contributed by atoms with Crippen molar-refractivity contribution in [1.82, 2.24) is 9.78 Å². The maximum absolute atomic E-state index is 12.4. The number of esters is 2. The first-order valence-electron chi connectivity index (χ1n) is 8.41. The predicted molar refractivity (Wildman–Crippen MR) is 97.4 cm³/mol. The van der Waals surface area contributed by atoms with E-state index in [0.717, 1.165) is 21.5 Å². The Labute approximate surface area is 154 Å². The number of aryl methyl sites for hydroxylation is 2. The van der Waals surface area contributed by atoms with Crippen LogP contribution in [0.2, 0.25) is 0 Å². The van der Waals surface area contributed by atoms with Gasteiger partial charge in [-0.2, -0.15) is 5.10 Å². The van der Waals surface area contributed by atoms with Crippen LogP contribution in [0, 0.1) is 13.8 Å². The fourth-order valence-corrected chi connectivity index (χ4v) is 4.00. The monoisotopic (exact) mass is 370 g/mol. The van der Waals surface area contributed by atoms with E-state index in [1.54, 1.807) is 6.07 Å². The van der Waals surface area contributed by atoms with Gasteiger partial charge in [-0.25, -0.2) is 9.59 Å². The fraction of sp³-hybridized carbons (Fsp3) is 0.316. The summed E-state index contributed by atoms with van der Waals surface area (Å²) in [4.78, 5) is 25.3. The molecule has 6 nitrogen and oxygen atoms in total. The van der Waals surface area contributed by atoms with Gasteiger partial charge in [0, 0.05) is 11.8 Å². The molecule has 1 fully saturated rings. The summed E-state index contributed by atoms with van der Waals surface area (Å²) in [5, 5.41) is 5.52. The minimum atomic E-state index is -0.794. The highest BCUT2D eigenvalue weighted by Crippen LogP contribution is 2.30. The van der Waals surface area contributed by atoms with Crippen molar-refractivity contribution < 1.29 is 19.1 Å². The largest absolute Gasteiger partial charge is 0.463 e. The van der Waals surface area contributed by atoms with Crippen molar-refractivity contribution in [1.29, 1.82) is 0 Å². The van der Waals surface area contributed by atoms with Gasteiger partial charge in [-0.3, -0.25) is 4.68 Å². The van der Waals surface area contributed by atoms with Crippen molar-refractivity contribution in [2.45, 2.75) is 32.9 Å². The lowest BCUT2D eigenvalue weighted by atomic mass is 10.1. The maximum atomic E-state index is 12.4. The quantitative estimate of drug-likeness (QED) is 0.660. The molecule has 3 heterocycles. The number of rotatable bonds is 4. The number of fused-ring (bicyclic) bond motifs is 1. The minimum Gasteiger partial charge on any atom is -0.463 e. The molecule has 0 spiro atoms. The van der Waals surface area contributed by atoms with Crippen LogP contribution in [0.15, 0.2) is 30.3 Å². The van der Waals surface area contributed by atoms with E-state index in [2.05, 4.69) is 36.3 Å². The zero-order valence-corrected chi connectivity index (χ0v) is 15.3. The fourth-order valence-electron chi connectivity index (χ4n) is 2.96. The van der Waals surface area contributed by atoms with Gasteiger partial charge in [0.25, 0.3) is 0 Å². The summed E-state index contributed by atoms with van der Waals surface area (Å²) in [5.74, 6) is -0.961. The molecule has 26 heavy (non-hydrogen) atoms. The Morgan fingerprint density at radius 3 is 2.81 bits per heavy atom. The summed E-state index contributed by atoms with van der Waals surface area (Å²) < 4.78 is 12.0. The van der Waals surface area contributed by atoms with Crippen molar-refractivity contribution in [2.24, 2.45) is 0 Å². The van der Waals surface area contributed by atoms with Crippen LogP contribution < -0.4 is 0 Å². The molecule has 134 valence electrons. The number of hydrogen-bond donors (Lipinski definition) is 0. The third-order valence-corrected chi connectivity index (χ3v) is 5.53. The third kappa shape index (κ3) is 3.10. The van der Waals surface area contributed by atoms with E-state index in [0.29, 0.717) is 24.4 Å². The first-order chi connectivity index (χ1) is 12.5. The van der Waals surface area contributed by atoms with E-state index >= 15 is 0 Å². The van der Waals surface area contributed by atoms with E-state index in [1.807, 2.05) is 11.6 Å². The van der Waals surface area contributed by atoms with E-state index in [-0.39, 0.29) is 0 Å². The molecule has 1 aromatic carbocycles. The van der Waals surface area contributed by atoms with Crippen LogP contribution in [0.25, 0.3) is 10.2 Å². The SMILES string of the molecule is Cc1ccc(Cn2nc(C)c3cc(C(=O)O[C@@H]4CCOC4=O)sc32)cc1. The number of thiophene rings is 1. The molecular formula is C19H18N2O4S. The van der Waals surface area contributed by atoms with Crippen LogP contribution in [0.5, 0.6) is 0 Å². The van der Waals surface area contributed by atoms with E-state index in [1.165, 1.54) is 16.9 Å². The van der Waals surface area contributed by atoms with Gasteiger partial charge in [0.15, 0.2) is 0 Å². The van der Waals surface area contributed by atoms with Crippen molar-refractivity contribution in [3.63, 3.8) is 0 Å². The molecule has 2 aromatic heterocycles. The lowest BCUT2D eigenvalue weighted by molar-refractivity contribution is -0.145. The molecule has 1 atom stereocenters. The number of cyclic esters (lactones) is 1. The molecule has 0 saturated carbocycles. The van der Waals surface area contributed by atoms with E-state index < -0.39 is 18.0 Å². The first kappa shape index (κ1) is 16.8. The van der Waals surface area contributed by atoms with Gasteiger partial charge < -0.3 is 9.47 Å². The van der Waals surface area contributed by atoms with Crippen molar-refractivity contribution in [3.05, 3.63) is 52.0 Å². The Hall–Kier alpha value is -2.67. The number of carbonyl (C=O) groups excluding carboxylic acids is 2. The smallest absolute Gasteiger partial charge is 0.349 e. The summed E-state index contributed by atoms with van der Waals surface area (Å²) in [7, 11) is 0. The van der Waals surface area contributed by atoms with Crippen molar-refractivity contribution >= 4 is 33.5 Å². The van der Waals surface area contributed by atoms with Crippen LogP contribution >= 0.6 is 11.3 Å². The van der Waals surface area contributed by atoms with Crippen LogP contribution in [0.3, 0.4) is 0 Å². The second kappa shape index (κ2) is 6.57. The van der Waals surface area contributed by atoms with Crippen LogP contribution in [0.4, 0.5) is 0 Å². The van der Waals surface area contributed by atoms with Crippen LogP contribution in [0.1, 0.15) is 32.9 Å². The molecule has 1 aliphatic rings. The van der Waals surface area contributed by atoms with Crippen molar-refractivity contribution in [3.8, 4) is 0 Å². The number of carbonyl (C=O) groups is 2. The summed E-state index contributed by atoms with van der Waals surface area (Å²) in [5.41, 5.74) is 3.22. The number of ether oxygens (including phenoxy) is 2. The molecule has 0 aliphatic carbocycles. The van der Waals surface area contributed by atoms with Gasteiger partial charge in [-0.15, -0.1) is 11.3 Å².